The van der Waals surface area contributed by atoms with Crippen LogP contribution in [0.4, 0.5) is 5.69 Å². The smallest absolute Gasteiger partial charge is 0.265 e. The van der Waals surface area contributed by atoms with E-state index in [0.29, 0.717) is 5.75 Å². The number of carbonyl (C=O) groups excluding carboxylic acids is 1. The normalized spacial score (nSPS) is 12.5. The molecule has 0 saturated heterocycles. The van der Waals surface area contributed by atoms with Crippen LogP contribution >= 0.6 is 11.3 Å². The maximum Gasteiger partial charge on any atom is 0.265 e. The van der Waals surface area contributed by atoms with Crippen molar-refractivity contribution >= 4 is 33.1 Å². The highest BCUT2D eigenvalue weighted by Gasteiger charge is 2.17. The Morgan fingerprint density at radius 3 is 2.34 bits per heavy atom. The van der Waals surface area contributed by atoms with E-state index >= 15 is 0 Å². The van der Waals surface area contributed by atoms with Crippen LogP contribution in [0.2, 0.25) is 0 Å². The zero-order chi connectivity index (χ0) is 22.9. The van der Waals surface area contributed by atoms with Crippen LogP contribution in [0.15, 0.2) is 66.7 Å². The molecule has 0 fully saturated rings. The third kappa shape index (κ3) is 5.00. The van der Waals surface area contributed by atoms with Gasteiger partial charge in [-0.05, 0) is 78.9 Å². The summed E-state index contributed by atoms with van der Waals surface area (Å²) in [6, 6.07) is 22.0. The number of nitrogens with zero attached hydrogens (tertiary/aromatic N) is 1. The van der Waals surface area contributed by atoms with Crippen molar-refractivity contribution in [1.82, 2.24) is 4.98 Å². The number of aryl methyl sites for hydroxylation is 1. The molecule has 4 nitrogen and oxygen atoms in total. The molecule has 1 heterocycles. The summed E-state index contributed by atoms with van der Waals surface area (Å²) in [6.07, 6.45) is -0.609. The monoisotopic (exact) mass is 444 g/mol. The van der Waals surface area contributed by atoms with E-state index in [1.54, 1.807) is 18.3 Å². The first-order valence-corrected chi connectivity index (χ1v) is 11.6. The SMILES string of the molecule is Cc1ccc2nc(-c3ccc(NC(=O)C(C)Oc4ccc(C(C)(C)C)cc4)cc3)sc2c1. The standard InChI is InChI=1S/C27H28N2O2S/c1-17-6-15-23-24(16-17)32-26(29-23)19-7-11-21(12-8-19)28-25(30)18(2)31-22-13-9-20(10-14-22)27(3,4)5/h6-16,18H,1-5H3,(H,28,30). The Hall–Kier alpha value is -3.18. The number of thiazole rings is 1. The summed E-state index contributed by atoms with van der Waals surface area (Å²) in [6.45, 7) is 10.3. The van der Waals surface area contributed by atoms with Crippen molar-refractivity contribution in [2.75, 3.05) is 5.32 Å². The molecule has 32 heavy (non-hydrogen) atoms. The molecule has 0 saturated carbocycles. The van der Waals surface area contributed by atoms with E-state index < -0.39 is 6.10 Å². The average Bonchev–Trinajstić information content (AvgIpc) is 3.17. The largest absolute Gasteiger partial charge is 0.481 e. The molecular formula is C27H28N2O2S. The molecule has 0 aliphatic carbocycles. The molecule has 1 N–H and O–H groups in total. The highest BCUT2D eigenvalue weighted by Crippen LogP contribution is 2.31. The van der Waals surface area contributed by atoms with Crippen molar-refractivity contribution in [2.45, 2.75) is 46.1 Å². The number of aromatic nitrogens is 1. The van der Waals surface area contributed by atoms with E-state index in [1.807, 2.05) is 48.5 Å². The highest BCUT2D eigenvalue weighted by molar-refractivity contribution is 7.21. The molecule has 1 atom stereocenters. The van der Waals surface area contributed by atoms with Crippen LogP contribution in [-0.4, -0.2) is 17.0 Å². The van der Waals surface area contributed by atoms with Gasteiger partial charge in [-0.3, -0.25) is 4.79 Å². The number of anilines is 1. The Balaban J connectivity index is 1.39. The highest BCUT2D eigenvalue weighted by atomic mass is 32.1. The Kier molecular flexibility index (Phi) is 6.02. The van der Waals surface area contributed by atoms with Crippen molar-refractivity contribution < 1.29 is 9.53 Å². The Labute approximate surface area is 193 Å². The van der Waals surface area contributed by atoms with Gasteiger partial charge in [-0.25, -0.2) is 4.98 Å². The van der Waals surface area contributed by atoms with E-state index in [2.05, 4.69) is 51.2 Å². The van der Waals surface area contributed by atoms with Crippen molar-refractivity contribution in [3.8, 4) is 16.3 Å². The lowest BCUT2D eigenvalue weighted by molar-refractivity contribution is -0.122. The molecule has 0 aliphatic rings. The average molecular weight is 445 g/mol. The molecule has 0 bridgehead atoms. The van der Waals surface area contributed by atoms with E-state index in [4.69, 9.17) is 9.72 Å². The number of carbonyl (C=O) groups is 1. The number of amides is 1. The molecule has 164 valence electrons. The lowest BCUT2D eigenvalue weighted by Crippen LogP contribution is -2.30. The molecule has 0 aliphatic heterocycles. The molecule has 1 unspecified atom stereocenters. The minimum Gasteiger partial charge on any atom is -0.481 e. The second kappa shape index (κ2) is 8.75. The topological polar surface area (TPSA) is 51.2 Å². The summed E-state index contributed by atoms with van der Waals surface area (Å²) in [5.74, 6) is 0.496. The number of benzene rings is 3. The summed E-state index contributed by atoms with van der Waals surface area (Å²) < 4.78 is 7.01. The van der Waals surface area contributed by atoms with Crippen LogP contribution in [0, 0.1) is 6.92 Å². The van der Waals surface area contributed by atoms with Gasteiger partial charge in [0, 0.05) is 11.3 Å². The quantitative estimate of drug-likeness (QED) is 0.361. The molecule has 5 heteroatoms. The summed E-state index contributed by atoms with van der Waals surface area (Å²) in [4.78, 5) is 17.3. The predicted octanol–water partition coefficient (Wildman–Crippen LogP) is 6.98. The molecular weight excluding hydrogens is 416 g/mol. The van der Waals surface area contributed by atoms with Gasteiger partial charge in [-0.15, -0.1) is 11.3 Å². The Bertz CT molecular complexity index is 1240. The zero-order valence-electron chi connectivity index (χ0n) is 19.1. The molecule has 1 aromatic heterocycles. The lowest BCUT2D eigenvalue weighted by Gasteiger charge is -2.20. The zero-order valence-corrected chi connectivity index (χ0v) is 19.9. The maximum atomic E-state index is 12.6. The molecule has 0 radical (unpaired) electrons. The van der Waals surface area contributed by atoms with Crippen molar-refractivity contribution in [1.29, 1.82) is 0 Å². The molecule has 4 rings (SSSR count). The Morgan fingerprint density at radius 1 is 1.00 bits per heavy atom. The first kappa shape index (κ1) is 22.0. The predicted molar refractivity (Wildman–Crippen MR) is 134 cm³/mol. The summed E-state index contributed by atoms with van der Waals surface area (Å²) in [5.41, 5.74) is 5.31. The molecule has 3 aromatic carbocycles. The van der Waals surface area contributed by atoms with Crippen molar-refractivity contribution in [3.05, 3.63) is 77.9 Å². The second-order valence-electron chi connectivity index (χ2n) is 9.09. The number of rotatable bonds is 5. The van der Waals surface area contributed by atoms with Gasteiger partial charge >= 0.3 is 0 Å². The van der Waals surface area contributed by atoms with Crippen LogP contribution in [0.1, 0.15) is 38.8 Å². The number of nitrogens with one attached hydrogen (secondary N) is 1. The number of hydrogen-bond acceptors (Lipinski definition) is 4. The van der Waals surface area contributed by atoms with Crippen LogP contribution in [0.5, 0.6) is 5.75 Å². The minimum atomic E-state index is -0.609. The van der Waals surface area contributed by atoms with Crippen LogP contribution in [0.25, 0.3) is 20.8 Å². The second-order valence-corrected chi connectivity index (χ2v) is 10.1. The fraction of sp³-hybridized carbons (Fsp3) is 0.259. The fourth-order valence-electron chi connectivity index (χ4n) is 3.39. The molecule has 4 aromatic rings. The van der Waals surface area contributed by atoms with Gasteiger partial charge in [0.15, 0.2) is 6.10 Å². The molecule has 1 amide bonds. The van der Waals surface area contributed by atoms with Crippen LogP contribution in [-0.2, 0) is 10.2 Å². The molecule has 0 spiro atoms. The number of fused-ring (bicyclic) bond motifs is 1. The fourth-order valence-corrected chi connectivity index (χ4v) is 4.46. The Morgan fingerprint density at radius 2 is 1.69 bits per heavy atom. The van der Waals surface area contributed by atoms with Gasteiger partial charge < -0.3 is 10.1 Å². The van der Waals surface area contributed by atoms with Gasteiger partial charge in [-0.1, -0.05) is 39.0 Å². The maximum absolute atomic E-state index is 12.6. The van der Waals surface area contributed by atoms with E-state index in [9.17, 15) is 4.79 Å². The van der Waals surface area contributed by atoms with Gasteiger partial charge in [0.05, 0.1) is 10.2 Å². The van der Waals surface area contributed by atoms with Crippen molar-refractivity contribution in [3.63, 3.8) is 0 Å². The van der Waals surface area contributed by atoms with Crippen LogP contribution in [0.3, 0.4) is 0 Å². The minimum absolute atomic E-state index is 0.0813. The first-order chi connectivity index (χ1) is 15.2. The van der Waals surface area contributed by atoms with E-state index in [-0.39, 0.29) is 11.3 Å². The number of ether oxygens (including phenoxy) is 1. The van der Waals surface area contributed by atoms with Gasteiger partial charge in [0.1, 0.15) is 10.8 Å². The summed E-state index contributed by atoms with van der Waals surface area (Å²) in [5, 5.41) is 3.90. The summed E-state index contributed by atoms with van der Waals surface area (Å²) >= 11 is 1.67. The van der Waals surface area contributed by atoms with E-state index in [0.717, 1.165) is 21.8 Å². The first-order valence-electron chi connectivity index (χ1n) is 10.7. The lowest BCUT2D eigenvalue weighted by atomic mass is 9.87. The summed E-state index contributed by atoms with van der Waals surface area (Å²) in [7, 11) is 0. The van der Waals surface area contributed by atoms with Crippen molar-refractivity contribution in [2.24, 2.45) is 0 Å². The third-order valence-corrected chi connectivity index (χ3v) is 6.41. The number of hydrogen-bond donors (Lipinski definition) is 1. The van der Waals surface area contributed by atoms with Gasteiger partial charge in [-0.2, -0.15) is 0 Å². The third-order valence-electron chi connectivity index (χ3n) is 5.35. The van der Waals surface area contributed by atoms with Gasteiger partial charge in [0.2, 0.25) is 0 Å². The van der Waals surface area contributed by atoms with Gasteiger partial charge in [0.25, 0.3) is 5.91 Å². The van der Waals surface area contributed by atoms with Crippen LogP contribution < -0.4 is 10.1 Å². The van der Waals surface area contributed by atoms with E-state index in [1.165, 1.54) is 15.8 Å².